The van der Waals surface area contributed by atoms with Gasteiger partial charge in [-0.25, -0.2) is 4.39 Å². The van der Waals surface area contributed by atoms with Crippen LogP contribution in [0.1, 0.15) is 12.5 Å². The van der Waals surface area contributed by atoms with Crippen molar-refractivity contribution in [1.29, 1.82) is 0 Å². The molecule has 0 aliphatic rings. The Morgan fingerprint density at radius 3 is 2.56 bits per heavy atom. The Morgan fingerprint density at radius 1 is 1.44 bits per heavy atom. The first-order chi connectivity index (χ1) is 8.22. The first-order valence-corrected chi connectivity index (χ1v) is 7.59. The molecule has 0 bridgehead atoms. The predicted octanol–water partition coefficient (Wildman–Crippen LogP) is 1.92. The molecular formula is C11H16BrFN2O2S. The van der Waals surface area contributed by atoms with Crippen molar-refractivity contribution in [2.24, 2.45) is 0 Å². The van der Waals surface area contributed by atoms with E-state index in [9.17, 15) is 12.8 Å². The van der Waals surface area contributed by atoms with Gasteiger partial charge in [0.1, 0.15) is 5.82 Å². The average Bonchev–Trinajstić information content (AvgIpc) is 2.21. The lowest BCUT2D eigenvalue weighted by Gasteiger charge is -2.18. The molecule has 1 rings (SSSR count). The maximum Gasteiger partial charge on any atom is 0.279 e. The highest BCUT2D eigenvalue weighted by Gasteiger charge is 2.17. The zero-order valence-corrected chi connectivity index (χ0v) is 12.8. The maximum atomic E-state index is 13.6. The molecule has 0 spiro atoms. The van der Waals surface area contributed by atoms with Gasteiger partial charge in [0.15, 0.2) is 0 Å². The number of nitrogens with one attached hydrogen (secondary N) is 1. The van der Waals surface area contributed by atoms with Gasteiger partial charge >= 0.3 is 0 Å². The molecule has 0 unspecified atom stereocenters. The van der Waals surface area contributed by atoms with E-state index in [1.54, 1.807) is 19.1 Å². The van der Waals surface area contributed by atoms with E-state index in [1.165, 1.54) is 20.2 Å². The van der Waals surface area contributed by atoms with Crippen molar-refractivity contribution in [2.45, 2.75) is 19.4 Å². The molecule has 18 heavy (non-hydrogen) atoms. The van der Waals surface area contributed by atoms with Crippen LogP contribution in [0.2, 0.25) is 0 Å². The van der Waals surface area contributed by atoms with Gasteiger partial charge in [-0.1, -0.05) is 22.0 Å². The van der Waals surface area contributed by atoms with E-state index in [-0.39, 0.29) is 11.9 Å². The molecule has 0 saturated carbocycles. The number of benzene rings is 1. The van der Waals surface area contributed by atoms with Crippen LogP contribution in [0, 0.1) is 5.82 Å². The summed E-state index contributed by atoms with van der Waals surface area (Å²) in [5, 5.41) is 0. The van der Waals surface area contributed by atoms with E-state index in [4.69, 9.17) is 0 Å². The molecule has 4 nitrogen and oxygen atoms in total. The van der Waals surface area contributed by atoms with E-state index < -0.39 is 10.2 Å². The Balaban J connectivity index is 2.74. The van der Waals surface area contributed by atoms with Crippen LogP contribution in [-0.4, -0.2) is 32.9 Å². The summed E-state index contributed by atoms with van der Waals surface area (Å²) in [6, 6.07) is 4.35. The zero-order valence-electron chi connectivity index (χ0n) is 10.4. The summed E-state index contributed by atoms with van der Waals surface area (Å²) in [4.78, 5) is 0. The lowest BCUT2D eigenvalue weighted by molar-refractivity contribution is 0.488. The van der Waals surface area contributed by atoms with Crippen molar-refractivity contribution in [1.82, 2.24) is 9.03 Å². The summed E-state index contributed by atoms with van der Waals surface area (Å²) in [5.41, 5.74) is 0.479. The fraction of sp³-hybridized carbons (Fsp3) is 0.455. The van der Waals surface area contributed by atoms with Gasteiger partial charge in [0.2, 0.25) is 0 Å². The van der Waals surface area contributed by atoms with E-state index in [2.05, 4.69) is 20.7 Å². The fourth-order valence-corrected chi connectivity index (χ4v) is 2.55. The molecule has 0 aromatic heterocycles. The number of nitrogens with zero attached hydrogens (tertiary/aromatic N) is 1. The molecule has 1 aromatic rings. The lowest BCUT2D eigenvalue weighted by Crippen LogP contribution is -2.41. The van der Waals surface area contributed by atoms with Crippen LogP contribution in [0.15, 0.2) is 22.7 Å². The van der Waals surface area contributed by atoms with Gasteiger partial charge in [-0.2, -0.15) is 17.4 Å². The van der Waals surface area contributed by atoms with Crippen LogP contribution in [0.4, 0.5) is 4.39 Å². The van der Waals surface area contributed by atoms with Crippen molar-refractivity contribution in [3.05, 3.63) is 34.1 Å². The number of hydrogen-bond acceptors (Lipinski definition) is 2. The van der Waals surface area contributed by atoms with Crippen molar-refractivity contribution < 1.29 is 12.8 Å². The van der Waals surface area contributed by atoms with E-state index in [1.807, 2.05) is 0 Å². The predicted molar refractivity (Wildman–Crippen MR) is 73.0 cm³/mol. The summed E-state index contributed by atoms with van der Waals surface area (Å²) in [6.45, 7) is 1.70. The molecule has 0 aliphatic heterocycles. The first-order valence-electron chi connectivity index (χ1n) is 5.36. The largest absolute Gasteiger partial charge is 0.279 e. The molecule has 0 radical (unpaired) electrons. The number of halogens is 2. The normalized spacial score (nSPS) is 13.9. The maximum absolute atomic E-state index is 13.6. The SMILES string of the molecule is C[C@@H](Cc1ccc(Br)cc1F)NS(=O)(=O)N(C)C. The number of hydrogen-bond donors (Lipinski definition) is 1. The summed E-state index contributed by atoms with van der Waals surface area (Å²) in [5.74, 6) is -0.347. The topological polar surface area (TPSA) is 49.4 Å². The second-order valence-corrected chi connectivity index (χ2v) is 7.08. The molecule has 0 amide bonds. The van der Waals surface area contributed by atoms with Gasteiger partial charge in [-0.15, -0.1) is 0 Å². The Hall–Kier alpha value is -0.500. The van der Waals surface area contributed by atoms with Crippen LogP contribution in [0.25, 0.3) is 0 Å². The minimum atomic E-state index is -3.49. The highest BCUT2D eigenvalue weighted by Crippen LogP contribution is 2.16. The van der Waals surface area contributed by atoms with Crippen molar-refractivity contribution in [3.63, 3.8) is 0 Å². The minimum Gasteiger partial charge on any atom is -0.207 e. The Morgan fingerprint density at radius 2 is 2.06 bits per heavy atom. The van der Waals surface area contributed by atoms with Gasteiger partial charge in [-0.3, -0.25) is 0 Å². The zero-order chi connectivity index (χ0) is 13.9. The first kappa shape index (κ1) is 15.6. The number of rotatable bonds is 5. The molecular weight excluding hydrogens is 323 g/mol. The van der Waals surface area contributed by atoms with Gasteiger partial charge in [-0.05, 0) is 31.0 Å². The minimum absolute atomic E-state index is 0.298. The Kier molecular flexibility index (Phi) is 5.27. The van der Waals surface area contributed by atoms with Gasteiger partial charge in [0.05, 0.1) is 0 Å². The van der Waals surface area contributed by atoms with E-state index in [0.717, 1.165) is 4.31 Å². The summed E-state index contributed by atoms with van der Waals surface area (Å²) in [7, 11) is -0.607. The second kappa shape index (κ2) is 6.10. The third-order valence-corrected chi connectivity index (χ3v) is 4.53. The third kappa shape index (κ3) is 4.31. The van der Waals surface area contributed by atoms with Crippen LogP contribution in [0.3, 0.4) is 0 Å². The second-order valence-electron chi connectivity index (χ2n) is 4.25. The Bertz CT molecular complexity index is 520. The lowest BCUT2D eigenvalue weighted by atomic mass is 10.1. The average molecular weight is 339 g/mol. The fourth-order valence-electron chi connectivity index (χ4n) is 1.42. The Labute approximate surface area is 115 Å². The van der Waals surface area contributed by atoms with E-state index >= 15 is 0 Å². The van der Waals surface area contributed by atoms with Crippen LogP contribution < -0.4 is 4.72 Å². The third-order valence-electron chi connectivity index (χ3n) is 2.37. The highest BCUT2D eigenvalue weighted by molar-refractivity contribution is 9.10. The molecule has 0 heterocycles. The quantitative estimate of drug-likeness (QED) is 0.891. The monoisotopic (exact) mass is 338 g/mol. The van der Waals surface area contributed by atoms with Gasteiger partial charge in [0.25, 0.3) is 10.2 Å². The molecule has 1 atom stereocenters. The molecule has 102 valence electrons. The molecule has 1 aromatic carbocycles. The van der Waals surface area contributed by atoms with Gasteiger partial charge < -0.3 is 0 Å². The summed E-state index contributed by atoms with van der Waals surface area (Å²) >= 11 is 3.17. The van der Waals surface area contributed by atoms with Crippen LogP contribution >= 0.6 is 15.9 Å². The smallest absolute Gasteiger partial charge is 0.207 e. The highest BCUT2D eigenvalue weighted by atomic mass is 79.9. The van der Waals surface area contributed by atoms with Gasteiger partial charge in [0, 0.05) is 24.6 Å². The molecule has 0 aliphatic carbocycles. The summed E-state index contributed by atoms with van der Waals surface area (Å²) < 4.78 is 41.0. The van der Waals surface area contributed by atoms with Crippen LogP contribution in [0.5, 0.6) is 0 Å². The van der Waals surface area contributed by atoms with Crippen molar-refractivity contribution in [3.8, 4) is 0 Å². The van der Waals surface area contributed by atoms with Crippen molar-refractivity contribution in [2.75, 3.05) is 14.1 Å². The molecule has 0 fully saturated rings. The standard InChI is InChI=1S/C11H16BrFN2O2S/c1-8(14-18(16,17)15(2)3)6-9-4-5-10(12)7-11(9)13/h4-5,7-8,14H,6H2,1-3H3/t8-/m0/s1. The molecule has 7 heteroatoms. The van der Waals surface area contributed by atoms with Crippen molar-refractivity contribution >= 4 is 26.1 Å². The molecule has 0 saturated heterocycles. The molecule has 1 N–H and O–H groups in total. The van der Waals surface area contributed by atoms with Crippen LogP contribution in [-0.2, 0) is 16.6 Å². The van der Waals surface area contributed by atoms with E-state index in [0.29, 0.717) is 16.5 Å². The summed E-state index contributed by atoms with van der Waals surface area (Å²) in [6.07, 6.45) is 0.298.